The van der Waals surface area contributed by atoms with Gasteiger partial charge in [-0.2, -0.15) is 0 Å². The lowest BCUT2D eigenvalue weighted by Crippen LogP contribution is -2.44. The predicted octanol–water partition coefficient (Wildman–Crippen LogP) is 1.67. The average Bonchev–Trinajstić information content (AvgIpc) is 1.96. The Morgan fingerprint density at radius 2 is 2.00 bits per heavy atom. The molecule has 2 atom stereocenters. The van der Waals surface area contributed by atoms with Crippen LogP contribution in [0.15, 0.2) is 0 Å². The Balaban J connectivity index is 4.04. The van der Waals surface area contributed by atoms with Crippen molar-refractivity contribution in [1.82, 2.24) is 5.32 Å². The minimum absolute atomic E-state index is 0.246. The standard InChI is InChI=1S/C10H21NO3/c1-6-8(7(2)12)11-9(13)14-10(3,4)5/h7-8,12H,6H2,1-5H3,(H,11,13)/t7-,8+/m1/s1. The summed E-state index contributed by atoms with van der Waals surface area (Å²) < 4.78 is 5.06. The fourth-order valence-corrected chi connectivity index (χ4v) is 1.02. The van der Waals surface area contributed by atoms with Crippen molar-refractivity contribution >= 4 is 6.09 Å². The quantitative estimate of drug-likeness (QED) is 0.733. The Morgan fingerprint density at radius 3 is 2.29 bits per heavy atom. The van der Waals surface area contributed by atoms with E-state index in [1.54, 1.807) is 27.7 Å². The molecule has 0 fully saturated rings. The van der Waals surface area contributed by atoms with Gasteiger partial charge in [-0.15, -0.1) is 0 Å². The Hall–Kier alpha value is -0.770. The number of ether oxygens (including phenoxy) is 1. The fraction of sp³-hybridized carbons (Fsp3) is 0.900. The maximum atomic E-state index is 11.3. The summed E-state index contributed by atoms with van der Waals surface area (Å²) in [5, 5.41) is 11.9. The molecule has 0 unspecified atom stereocenters. The number of hydrogen-bond donors (Lipinski definition) is 2. The van der Waals surface area contributed by atoms with Crippen LogP contribution >= 0.6 is 0 Å². The van der Waals surface area contributed by atoms with Crippen LogP contribution in [0.25, 0.3) is 0 Å². The molecule has 0 aromatic heterocycles. The number of amides is 1. The Bertz CT molecular complexity index is 184. The van der Waals surface area contributed by atoms with Crippen LogP contribution in [0.1, 0.15) is 41.0 Å². The van der Waals surface area contributed by atoms with E-state index in [0.29, 0.717) is 6.42 Å². The van der Waals surface area contributed by atoms with Gasteiger partial charge >= 0.3 is 6.09 Å². The maximum Gasteiger partial charge on any atom is 0.407 e. The molecule has 0 aliphatic carbocycles. The molecule has 0 spiro atoms. The minimum atomic E-state index is -0.562. The van der Waals surface area contributed by atoms with Crippen molar-refractivity contribution in [2.45, 2.75) is 58.8 Å². The highest BCUT2D eigenvalue weighted by Gasteiger charge is 2.20. The number of alkyl carbamates (subject to hydrolysis) is 1. The monoisotopic (exact) mass is 203 g/mol. The van der Waals surface area contributed by atoms with E-state index in [-0.39, 0.29) is 6.04 Å². The minimum Gasteiger partial charge on any atom is -0.444 e. The van der Waals surface area contributed by atoms with E-state index >= 15 is 0 Å². The van der Waals surface area contributed by atoms with Crippen LogP contribution < -0.4 is 5.32 Å². The van der Waals surface area contributed by atoms with Gasteiger partial charge in [0.25, 0.3) is 0 Å². The van der Waals surface area contributed by atoms with E-state index in [0.717, 1.165) is 0 Å². The summed E-state index contributed by atoms with van der Waals surface area (Å²) in [6, 6.07) is -0.246. The maximum absolute atomic E-state index is 11.3. The van der Waals surface area contributed by atoms with Crippen molar-refractivity contribution in [1.29, 1.82) is 0 Å². The van der Waals surface area contributed by atoms with Gasteiger partial charge in [-0.3, -0.25) is 0 Å². The highest BCUT2D eigenvalue weighted by Crippen LogP contribution is 2.07. The first-order chi connectivity index (χ1) is 6.26. The molecular weight excluding hydrogens is 182 g/mol. The molecule has 0 aromatic carbocycles. The number of aliphatic hydroxyl groups is 1. The SMILES string of the molecule is CC[C@H](NC(=O)OC(C)(C)C)[C@@H](C)O. The van der Waals surface area contributed by atoms with E-state index in [1.165, 1.54) is 0 Å². The second kappa shape index (κ2) is 5.20. The van der Waals surface area contributed by atoms with Crippen LogP contribution in [0, 0.1) is 0 Å². The highest BCUT2D eigenvalue weighted by molar-refractivity contribution is 5.68. The zero-order chi connectivity index (χ0) is 11.4. The predicted molar refractivity (Wildman–Crippen MR) is 55.1 cm³/mol. The zero-order valence-corrected chi connectivity index (χ0v) is 9.63. The van der Waals surface area contributed by atoms with Gasteiger partial charge < -0.3 is 15.2 Å². The topological polar surface area (TPSA) is 58.6 Å². The fourth-order valence-electron chi connectivity index (χ4n) is 1.02. The summed E-state index contributed by atoms with van der Waals surface area (Å²) in [6.45, 7) is 8.95. The molecule has 2 N–H and O–H groups in total. The molecule has 4 heteroatoms. The van der Waals surface area contributed by atoms with Crippen molar-refractivity contribution < 1.29 is 14.6 Å². The lowest BCUT2D eigenvalue weighted by atomic mass is 10.1. The van der Waals surface area contributed by atoms with Crippen LogP contribution in [0.2, 0.25) is 0 Å². The van der Waals surface area contributed by atoms with Crippen molar-refractivity contribution in [2.75, 3.05) is 0 Å². The van der Waals surface area contributed by atoms with E-state index in [2.05, 4.69) is 5.32 Å². The normalized spacial score (nSPS) is 15.9. The Morgan fingerprint density at radius 1 is 1.50 bits per heavy atom. The van der Waals surface area contributed by atoms with Gasteiger partial charge in [0, 0.05) is 0 Å². The molecule has 1 amide bonds. The van der Waals surface area contributed by atoms with Crippen LogP contribution in [0.3, 0.4) is 0 Å². The Kier molecular flexibility index (Phi) is 4.91. The molecule has 0 saturated heterocycles. The van der Waals surface area contributed by atoms with E-state index in [4.69, 9.17) is 4.74 Å². The molecule has 0 saturated carbocycles. The number of hydrogen-bond acceptors (Lipinski definition) is 3. The molecule has 14 heavy (non-hydrogen) atoms. The lowest BCUT2D eigenvalue weighted by Gasteiger charge is -2.24. The summed E-state index contributed by atoms with van der Waals surface area (Å²) in [5.41, 5.74) is -0.499. The van der Waals surface area contributed by atoms with Crippen LogP contribution in [-0.4, -0.2) is 28.9 Å². The van der Waals surface area contributed by atoms with Gasteiger partial charge in [0.15, 0.2) is 0 Å². The molecule has 0 heterocycles. The number of carbonyl (C=O) groups is 1. The van der Waals surface area contributed by atoms with Crippen molar-refractivity contribution in [3.05, 3.63) is 0 Å². The summed E-state index contributed by atoms with van der Waals surface area (Å²) in [5.74, 6) is 0. The average molecular weight is 203 g/mol. The molecule has 0 aliphatic heterocycles. The van der Waals surface area contributed by atoms with E-state index < -0.39 is 17.8 Å². The second-order valence-electron chi connectivity index (χ2n) is 4.40. The van der Waals surface area contributed by atoms with Crippen molar-refractivity contribution in [3.63, 3.8) is 0 Å². The highest BCUT2D eigenvalue weighted by atomic mass is 16.6. The lowest BCUT2D eigenvalue weighted by molar-refractivity contribution is 0.0434. The molecule has 0 radical (unpaired) electrons. The van der Waals surface area contributed by atoms with Gasteiger partial charge in [0.05, 0.1) is 12.1 Å². The third-order valence-electron chi connectivity index (χ3n) is 1.72. The zero-order valence-electron chi connectivity index (χ0n) is 9.63. The van der Waals surface area contributed by atoms with Gasteiger partial charge in [-0.25, -0.2) is 4.79 Å². The van der Waals surface area contributed by atoms with Crippen LogP contribution in [0.5, 0.6) is 0 Å². The third-order valence-corrected chi connectivity index (χ3v) is 1.72. The summed E-state index contributed by atoms with van der Waals surface area (Å²) in [6.07, 6.45) is -0.366. The van der Waals surface area contributed by atoms with Crippen LogP contribution in [0.4, 0.5) is 4.79 Å². The molecule has 0 aliphatic rings. The number of carbonyl (C=O) groups excluding carboxylic acids is 1. The molecule has 0 rings (SSSR count). The molecule has 84 valence electrons. The Labute approximate surface area is 85.6 Å². The first-order valence-corrected chi connectivity index (χ1v) is 4.94. The number of rotatable bonds is 3. The van der Waals surface area contributed by atoms with Gasteiger partial charge in [0.1, 0.15) is 5.60 Å². The third kappa shape index (κ3) is 5.80. The molecular formula is C10H21NO3. The van der Waals surface area contributed by atoms with Crippen molar-refractivity contribution in [2.24, 2.45) is 0 Å². The van der Waals surface area contributed by atoms with Gasteiger partial charge in [-0.1, -0.05) is 6.92 Å². The molecule has 0 aromatic rings. The van der Waals surface area contributed by atoms with Crippen LogP contribution in [-0.2, 0) is 4.74 Å². The van der Waals surface area contributed by atoms with Gasteiger partial charge in [0.2, 0.25) is 0 Å². The van der Waals surface area contributed by atoms with Crippen molar-refractivity contribution in [3.8, 4) is 0 Å². The van der Waals surface area contributed by atoms with E-state index in [9.17, 15) is 9.90 Å². The smallest absolute Gasteiger partial charge is 0.407 e. The largest absolute Gasteiger partial charge is 0.444 e. The summed E-state index contributed by atoms with van der Waals surface area (Å²) >= 11 is 0. The first-order valence-electron chi connectivity index (χ1n) is 4.94. The first kappa shape index (κ1) is 13.2. The number of aliphatic hydroxyl groups excluding tert-OH is 1. The number of nitrogens with one attached hydrogen (secondary N) is 1. The van der Waals surface area contributed by atoms with E-state index in [1.807, 2.05) is 6.92 Å². The molecule has 0 bridgehead atoms. The second-order valence-corrected chi connectivity index (χ2v) is 4.40. The summed E-state index contributed by atoms with van der Waals surface area (Å²) in [4.78, 5) is 11.3. The molecule has 4 nitrogen and oxygen atoms in total. The van der Waals surface area contributed by atoms with Gasteiger partial charge in [-0.05, 0) is 34.1 Å². The summed E-state index contributed by atoms with van der Waals surface area (Å²) in [7, 11) is 0.